The van der Waals surface area contributed by atoms with Crippen LogP contribution in [-0.4, -0.2) is 77.0 Å². The molecule has 146 valence electrons. The van der Waals surface area contributed by atoms with Gasteiger partial charge in [0.2, 0.25) is 5.91 Å². The Balaban J connectivity index is 1.60. The number of hydrogen-bond acceptors (Lipinski definition) is 6. The maximum atomic E-state index is 12.9. The molecule has 2 heterocycles. The van der Waals surface area contributed by atoms with Gasteiger partial charge in [-0.15, -0.1) is 0 Å². The van der Waals surface area contributed by atoms with E-state index in [0.29, 0.717) is 18.7 Å². The number of anilines is 1. The first-order valence-corrected chi connectivity index (χ1v) is 9.08. The molecule has 1 amide bonds. The number of nitro groups is 1. The smallest absolute Gasteiger partial charge is 0.317 e. The van der Waals surface area contributed by atoms with Crippen molar-refractivity contribution < 1.29 is 19.6 Å². The average Bonchev–Trinajstić information content (AvgIpc) is 3.03. The minimum Gasteiger partial charge on any atom is -0.480 e. The number of piperidine rings is 1. The molecule has 0 aromatic heterocycles. The van der Waals surface area contributed by atoms with Crippen molar-refractivity contribution >= 4 is 23.3 Å². The third-order valence-electron chi connectivity index (χ3n) is 5.48. The molecule has 2 saturated heterocycles. The number of likely N-dealkylation sites (tertiary alicyclic amines) is 1. The standard InChI is InChI=1S/C18H24N4O5/c1-19(12-17(23)24)13-5-8-20(9-6-13)16-7-10-21(18(16)25)14-3-2-4-15(11-14)22(26)27/h2-4,11,13,16H,5-10,12H2,1H3,(H,23,24). The molecule has 9 nitrogen and oxygen atoms in total. The van der Waals surface area contributed by atoms with Gasteiger partial charge in [-0.1, -0.05) is 6.07 Å². The molecule has 0 radical (unpaired) electrons. The number of likely N-dealkylation sites (N-methyl/N-ethyl adjacent to an activating group) is 1. The van der Waals surface area contributed by atoms with E-state index < -0.39 is 10.9 Å². The maximum Gasteiger partial charge on any atom is 0.317 e. The predicted octanol–water partition coefficient (Wildman–Crippen LogP) is 1.18. The number of rotatable bonds is 6. The first-order valence-electron chi connectivity index (χ1n) is 9.08. The van der Waals surface area contributed by atoms with Gasteiger partial charge in [-0.05, 0) is 32.4 Å². The summed E-state index contributed by atoms with van der Waals surface area (Å²) in [6.07, 6.45) is 2.34. The molecule has 0 aliphatic carbocycles. The first-order chi connectivity index (χ1) is 12.9. The molecule has 1 unspecified atom stereocenters. The second-order valence-electron chi connectivity index (χ2n) is 7.15. The number of carboxylic acids is 1. The molecule has 27 heavy (non-hydrogen) atoms. The van der Waals surface area contributed by atoms with E-state index in [2.05, 4.69) is 4.90 Å². The topological polar surface area (TPSA) is 107 Å². The Morgan fingerprint density at radius 2 is 2.00 bits per heavy atom. The largest absolute Gasteiger partial charge is 0.480 e. The van der Waals surface area contributed by atoms with E-state index in [-0.39, 0.29) is 30.2 Å². The monoisotopic (exact) mass is 376 g/mol. The molecule has 1 aromatic rings. The van der Waals surface area contributed by atoms with Crippen LogP contribution in [0, 0.1) is 10.1 Å². The molecule has 0 saturated carbocycles. The van der Waals surface area contributed by atoms with Crippen molar-refractivity contribution in [1.29, 1.82) is 0 Å². The lowest BCUT2D eigenvalue weighted by molar-refractivity contribution is -0.384. The summed E-state index contributed by atoms with van der Waals surface area (Å²) >= 11 is 0. The van der Waals surface area contributed by atoms with Crippen molar-refractivity contribution in [2.75, 3.05) is 38.1 Å². The Morgan fingerprint density at radius 1 is 1.30 bits per heavy atom. The number of carbonyl (C=O) groups is 2. The molecule has 9 heteroatoms. The van der Waals surface area contributed by atoms with Gasteiger partial charge >= 0.3 is 5.97 Å². The fraction of sp³-hybridized carbons (Fsp3) is 0.556. The minimum atomic E-state index is -0.835. The summed E-state index contributed by atoms with van der Waals surface area (Å²) < 4.78 is 0. The van der Waals surface area contributed by atoms with Crippen LogP contribution in [-0.2, 0) is 9.59 Å². The molecule has 2 aliphatic heterocycles. The van der Waals surface area contributed by atoms with Crippen molar-refractivity contribution in [2.24, 2.45) is 0 Å². The van der Waals surface area contributed by atoms with Crippen LogP contribution in [0.2, 0.25) is 0 Å². The second kappa shape index (κ2) is 8.01. The van der Waals surface area contributed by atoms with Gasteiger partial charge in [0.15, 0.2) is 0 Å². The van der Waals surface area contributed by atoms with E-state index in [4.69, 9.17) is 5.11 Å². The van der Waals surface area contributed by atoms with E-state index in [9.17, 15) is 19.7 Å². The third kappa shape index (κ3) is 4.25. The fourth-order valence-corrected chi connectivity index (χ4v) is 4.02. The van der Waals surface area contributed by atoms with Gasteiger partial charge in [0.25, 0.3) is 5.69 Å². The van der Waals surface area contributed by atoms with Crippen LogP contribution < -0.4 is 4.90 Å². The molecule has 0 bridgehead atoms. The van der Waals surface area contributed by atoms with Gasteiger partial charge < -0.3 is 10.0 Å². The lowest BCUT2D eigenvalue weighted by Gasteiger charge is -2.38. The van der Waals surface area contributed by atoms with Crippen molar-refractivity contribution in [3.8, 4) is 0 Å². The van der Waals surface area contributed by atoms with Crippen molar-refractivity contribution in [3.05, 3.63) is 34.4 Å². The fourth-order valence-electron chi connectivity index (χ4n) is 4.02. The van der Waals surface area contributed by atoms with Crippen LogP contribution >= 0.6 is 0 Å². The Labute approximate surface area is 157 Å². The summed E-state index contributed by atoms with van der Waals surface area (Å²) in [4.78, 5) is 39.9. The molecule has 2 aliphatic rings. The zero-order valence-electron chi connectivity index (χ0n) is 15.3. The van der Waals surface area contributed by atoms with Gasteiger partial charge in [-0.25, -0.2) is 0 Å². The normalized spacial score (nSPS) is 21.8. The second-order valence-corrected chi connectivity index (χ2v) is 7.15. The molecule has 0 spiro atoms. The highest BCUT2D eigenvalue weighted by Crippen LogP contribution is 2.29. The minimum absolute atomic E-state index is 0.0205. The van der Waals surface area contributed by atoms with Crippen LogP contribution in [0.25, 0.3) is 0 Å². The van der Waals surface area contributed by atoms with E-state index >= 15 is 0 Å². The van der Waals surface area contributed by atoms with Gasteiger partial charge in [0.1, 0.15) is 0 Å². The number of carbonyl (C=O) groups excluding carboxylic acids is 1. The van der Waals surface area contributed by atoms with Crippen LogP contribution in [0.15, 0.2) is 24.3 Å². The summed E-state index contributed by atoms with van der Waals surface area (Å²) in [7, 11) is 1.82. The molecular weight excluding hydrogens is 352 g/mol. The Bertz CT molecular complexity index is 732. The molecule has 1 atom stereocenters. The number of aliphatic carboxylic acids is 1. The number of hydrogen-bond donors (Lipinski definition) is 1. The summed E-state index contributed by atoms with van der Waals surface area (Å²) in [6.45, 7) is 2.05. The highest BCUT2D eigenvalue weighted by Gasteiger charge is 2.38. The third-order valence-corrected chi connectivity index (χ3v) is 5.48. The van der Waals surface area contributed by atoms with E-state index in [1.165, 1.54) is 12.1 Å². The molecule has 1 aromatic carbocycles. The summed E-state index contributed by atoms with van der Waals surface area (Å²) in [5.74, 6) is -0.855. The molecule has 3 rings (SSSR count). The molecular formula is C18H24N4O5. The van der Waals surface area contributed by atoms with Crippen LogP contribution in [0.1, 0.15) is 19.3 Å². The number of nitro benzene ring substituents is 1. The Morgan fingerprint density at radius 3 is 2.63 bits per heavy atom. The van der Waals surface area contributed by atoms with E-state index in [1.54, 1.807) is 17.0 Å². The number of carboxylic acid groups (broad SMARTS) is 1. The average molecular weight is 376 g/mol. The zero-order valence-corrected chi connectivity index (χ0v) is 15.3. The Hall–Kier alpha value is -2.52. The number of nitrogens with zero attached hydrogens (tertiary/aromatic N) is 4. The van der Waals surface area contributed by atoms with Gasteiger partial charge in [-0.2, -0.15) is 0 Å². The van der Waals surface area contributed by atoms with Crippen molar-refractivity contribution in [3.63, 3.8) is 0 Å². The Kier molecular flexibility index (Phi) is 5.71. The van der Waals surface area contributed by atoms with Crippen LogP contribution in [0.5, 0.6) is 0 Å². The lowest BCUT2D eigenvalue weighted by Crippen LogP contribution is -2.50. The molecule has 2 fully saturated rings. The summed E-state index contributed by atoms with van der Waals surface area (Å²) in [5, 5.41) is 19.9. The SMILES string of the molecule is CN(CC(=O)O)C1CCN(C2CCN(c3cccc([N+](=O)[O-])c3)C2=O)CC1. The maximum absolute atomic E-state index is 12.9. The zero-order chi connectivity index (χ0) is 19.6. The van der Waals surface area contributed by atoms with Gasteiger partial charge in [-0.3, -0.25) is 29.5 Å². The lowest BCUT2D eigenvalue weighted by atomic mass is 10.0. The number of benzene rings is 1. The predicted molar refractivity (Wildman–Crippen MR) is 98.7 cm³/mol. The summed E-state index contributed by atoms with van der Waals surface area (Å²) in [5.41, 5.74) is 0.541. The highest BCUT2D eigenvalue weighted by atomic mass is 16.6. The quantitative estimate of drug-likeness (QED) is 0.587. The molecule has 1 N–H and O–H groups in total. The summed E-state index contributed by atoms with van der Waals surface area (Å²) in [6, 6.07) is 6.17. The highest BCUT2D eigenvalue weighted by molar-refractivity contribution is 5.99. The van der Waals surface area contributed by atoms with E-state index in [0.717, 1.165) is 25.9 Å². The van der Waals surface area contributed by atoms with E-state index in [1.807, 2.05) is 11.9 Å². The van der Waals surface area contributed by atoms with Gasteiger partial charge in [0, 0.05) is 37.8 Å². The number of non-ortho nitro benzene ring substituents is 1. The van der Waals surface area contributed by atoms with Crippen LogP contribution in [0.4, 0.5) is 11.4 Å². The van der Waals surface area contributed by atoms with Gasteiger partial charge in [0.05, 0.1) is 23.2 Å². The van der Waals surface area contributed by atoms with Crippen LogP contribution in [0.3, 0.4) is 0 Å². The van der Waals surface area contributed by atoms with Crippen molar-refractivity contribution in [1.82, 2.24) is 9.80 Å². The first kappa shape index (κ1) is 19.2. The van der Waals surface area contributed by atoms with Crippen molar-refractivity contribution in [2.45, 2.75) is 31.3 Å². The number of amides is 1.